The van der Waals surface area contributed by atoms with Crippen LogP contribution in [0.15, 0.2) is 36.4 Å². The normalized spacial score (nSPS) is 20.7. The molecule has 4 aromatic rings. The number of aryl methyl sites for hydroxylation is 2. The van der Waals surface area contributed by atoms with E-state index in [4.69, 9.17) is 9.47 Å². The molecule has 2 aliphatic heterocycles. The minimum atomic E-state index is -0.846. The Morgan fingerprint density at radius 1 is 0.736 bits per heavy atom. The monoisotopic (exact) mass is 724 g/mol. The number of likely N-dealkylation sites (N-methyl/N-ethyl adjacent to an activating group) is 2. The number of carboxylic acids is 1. The lowest BCUT2D eigenvalue weighted by atomic mass is 9.75. The molecule has 10 heteroatoms. The number of aromatic carboxylic acids is 1. The first-order chi connectivity index (χ1) is 25.7. The highest BCUT2D eigenvalue weighted by molar-refractivity contribution is 6.01. The molecule has 0 bridgehead atoms. The van der Waals surface area contributed by atoms with Crippen LogP contribution in [0.1, 0.15) is 88.7 Å². The SMILES string of the molecule is CCN(CC(=O)NC)C(=O)c1ccc2c(c1)c1c(n2C)CCC(C2CCOCC2)C1.Cn1c2c(c3cc(C(=O)O)ccc31)CC(C1CCOCC1)CC2. The van der Waals surface area contributed by atoms with Gasteiger partial charge in [-0.05, 0) is 142 Å². The Labute approximate surface area is 312 Å². The molecule has 4 heterocycles. The maximum Gasteiger partial charge on any atom is 0.335 e. The number of nitrogens with one attached hydrogen (secondary N) is 1. The molecule has 2 saturated heterocycles. The average Bonchev–Trinajstić information content (AvgIpc) is 3.65. The molecular formula is C43H56N4O6. The molecule has 2 N–H and O–H groups in total. The number of hydrogen-bond donors (Lipinski definition) is 2. The van der Waals surface area contributed by atoms with E-state index in [1.807, 2.05) is 25.1 Å². The first-order valence-electron chi connectivity index (χ1n) is 19.8. The summed E-state index contributed by atoms with van der Waals surface area (Å²) in [6.45, 7) is 6.06. The summed E-state index contributed by atoms with van der Waals surface area (Å²) in [6.07, 6.45) is 11.5. The van der Waals surface area contributed by atoms with Gasteiger partial charge in [0.15, 0.2) is 0 Å². The fourth-order valence-corrected chi connectivity index (χ4v) is 9.82. The summed E-state index contributed by atoms with van der Waals surface area (Å²) in [5.74, 6) is 1.84. The first kappa shape index (κ1) is 37.2. The third-order valence-electron chi connectivity index (χ3n) is 13.0. The zero-order chi connectivity index (χ0) is 37.2. The lowest BCUT2D eigenvalue weighted by Gasteiger charge is -2.33. The number of nitrogens with zero attached hydrogens (tertiary/aromatic N) is 3. The number of fused-ring (bicyclic) bond motifs is 6. The molecular weight excluding hydrogens is 668 g/mol. The van der Waals surface area contributed by atoms with Crippen molar-refractivity contribution in [3.8, 4) is 0 Å². The van der Waals surface area contributed by atoms with Crippen LogP contribution in [0, 0.1) is 23.7 Å². The van der Waals surface area contributed by atoms with Crippen LogP contribution >= 0.6 is 0 Å². The van der Waals surface area contributed by atoms with E-state index in [-0.39, 0.29) is 18.4 Å². The van der Waals surface area contributed by atoms with Crippen molar-refractivity contribution in [1.82, 2.24) is 19.4 Å². The molecule has 2 atom stereocenters. The van der Waals surface area contributed by atoms with Gasteiger partial charge in [0.05, 0.1) is 12.1 Å². The third-order valence-corrected chi connectivity index (χ3v) is 13.0. The molecule has 2 unspecified atom stereocenters. The van der Waals surface area contributed by atoms with Gasteiger partial charge >= 0.3 is 5.97 Å². The number of carbonyl (C=O) groups is 3. The van der Waals surface area contributed by atoms with Gasteiger partial charge in [0.2, 0.25) is 5.91 Å². The van der Waals surface area contributed by atoms with Crippen molar-refractivity contribution >= 4 is 39.6 Å². The van der Waals surface area contributed by atoms with Gasteiger partial charge in [0.1, 0.15) is 0 Å². The molecule has 0 spiro atoms. The summed E-state index contributed by atoms with van der Waals surface area (Å²) in [6, 6.07) is 11.6. The molecule has 2 fully saturated rings. The molecule has 2 aromatic carbocycles. The fraction of sp³-hybridized carbons (Fsp3) is 0.558. The van der Waals surface area contributed by atoms with Crippen molar-refractivity contribution < 1.29 is 29.0 Å². The van der Waals surface area contributed by atoms with E-state index in [0.29, 0.717) is 29.5 Å². The maximum atomic E-state index is 13.1. The molecule has 0 saturated carbocycles. The highest BCUT2D eigenvalue weighted by atomic mass is 16.5. The number of benzene rings is 2. The minimum Gasteiger partial charge on any atom is -0.478 e. The van der Waals surface area contributed by atoms with Crippen LogP contribution in [0.5, 0.6) is 0 Å². The van der Waals surface area contributed by atoms with E-state index in [0.717, 1.165) is 74.8 Å². The Balaban J connectivity index is 0.000000170. The third kappa shape index (κ3) is 7.49. The Kier molecular flexibility index (Phi) is 11.3. The zero-order valence-electron chi connectivity index (χ0n) is 31.9. The van der Waals surface area contributed by atoms with Crippen LogP contribution in [-0.4, -0.2) is 83.5 Å². The average molecular weight is 725 g/mol. The molecule has 4 aliphatic rings. The molecule has 53 heavy (non-hydrogen) atoms. The first-order valence-corrected chi connectivity index (χ1v) is 19.8. The maximum absolute atomic E-state index is 13.1. The van der Waals surface area contributed by atoms with Crippen LogP contribution in [0.2, 0.25) is 0 Å². The van der Waals surface area contributed by atoms with Crippen molar-refractivity contribution in [2.24, 2.45) is 37.8 Å². The summed E-state index contributed by atoms with van der Waals surface area (Å²) in [5, 5.41) is 14.2. The van der Waals surface area contributed by atoms with E-state index >= 15 is 0 Å². The summed E-state index contributed by atoms with van der Waals surface area (Å²) in [5.41, 5.74) is 9.01. The van der Waals surface area contributed by atoms with Gasteiger partial charge in [-0.2, -0.15) is 0 Å². The molecule has 284 valence electrons. The van der Waals surface area contributed by atoms with Crippen molar-refractivity contribution in [3.05, 3.63) is 70.0 Å². The molecule has 8 rings (SSSR count). The number of carbonyl (C=O) groups excluding carboxylic acids is 2. The van der Waals surface area contributed by atoms with Gasteiger partial charge in [-0.3, -0.25) is 9.59 Å². The smallest absolute Gasteiger partial charge is 0.335 e. The summed E-state index contributed by atoms with van der Waals surface area (Å²) in [4.78, 5) is 37.8. The van der Waals surface area contributed by atoms with Gasteiger partial charge in [0, 0.05) is 92.9 Å². The molecule has 2 amide bonds. The van der Waals surface area contributed by atoms with E-state index in [1.54, 1.807) is 18.0 Å². The van der Waals surface area contributed by atoms with Gasteiger partial charge in [-0.1, -0.05) is 0 Å². The summed E-state index contributed by atoms with van der Waals surface area (Å²) < 4.78 is 15.6. The number of aromatic nitrogens is 2. The fourth-order valence-electron chi connectivity index (χ4n) is 9.82. The zero-order valence-corrected chi connectivity index (χ0v) is 31.9. The highest BCUT2D eigenvalue weighted by Gasteiger charge is 2.32. The van der Waals surface area contributed by atoms with Crippen molar-refractivity contribution in [2.75, 3.05) is 46.6 Å². The summed E-state index contributed by atoms with van der Waals surface area (Å²) >= 11 is 0. The second-order valence-corrected chi connectivity index (χ2v) is 15.6. The quantitative estimate of drug-likeness (QED) is 0.231. The van der Waals surface area contributed by atoms with Gasteiger partial charge < -0.3 is 33.9 Å². The second-order valence-electron chi connectivity index (χ2n) is 15.6. The second kappa shape index (κ2) is 16.1. The van der Waals surface area contributed by atoms with E-state index < -0.39 is 5.97 Å². The number of rotatable bonds is 7. The number of amides is 2. The van der Waals surface area contributed by atoms with Crippen LogP contribution in [0.4, 0.5) is 0 Å². The molecule has 2 aliphatic carbocycles. The predicted octanol–water partition coefficient (Wildman–Crippen LogP) is 6.33. The Morgan fingerprint density at radius 2 is 1.21 bits per heavy atom. The van der Waals surface area contributed by atoms with Crippen LogP contribution in [0.25, 0.3) is 21.8 Å². The van der Waals surface area contributed by atoms with Crippen molar-refractivity contribution in [1.29, 1.82) is 0 Å². The Hall–Kier alpha value is -4.15. The molecule has 0 radical (unpaired) electrons. The van der Waals surface area contributed by atoms with Crippen LogP contribution in [-0.2, 0) is 54.0 Å². The van der Waals surface area contributed by atoms with Gasteiger partial charge in [0.25, 0.3) is 5.91 Å². The van der Waals surface area contributed by atoms with Crippen LogP contribution in [0.3, 0.4) is 0 Å². The molecule has 10 nitrogen and oxygen atoms in total. The lowest BCUT2D eigenvalue weighted by Crippen LogP contribution is -2.39. The number of carboxylic acid groups (broad SMARTS) is 1. The standard InChI is InChI=1S/C24H33N3O3.C19H23NO3/c1-4-27(15-23(28)25-2)24(29)18-6-8-22-20(14-18)19-13-17(5-7-21(19)26(22)3)16-9-11-30-12-10-16;1-20-17-4-2-13(12-6-8-23-9-7-12)10-15(17)16-11-14(19(21)22)3-5-18(16)20/h6,8,14,16-17H,4-5,7,9-13,15H2,1-3H3,(H,25,28);3,5,11-13H,2,4,6-10H2,1H3,(H,21,22). The number of hydrogen-bond acceptors (Lipinski definition) is 5. The van der Waals surface area contributed by atoms with Crippen molar-refractivity contribution in [2.45, 2.75) is 71.1 Å². The summed E-state index contributed by atoms with van der Waals surface area (Å²) in [7, 11) is 5.84. The van der Waals surface area contributed by atoms with E-state index in [2.05, 4.69) is 40.7 Å². The topological polar surface area (TPSA) is 115 Å². The predicted molar refractivity (Wildman–Crippen MR) is 207 cm³/mol. The van der Waals surface area contributed by atoms with Crippen molar-refractivity contribution in [3.63, 3.8) is 0 Å². The van der Waals surface area contributed by atoms with Crippen LogP contribution < -0.4 is 5.32 Å². The van der Waals surface area contributed by atoms with E-state index in [1.165, 1.54) is 71.9 Å². The van der Waals surface area contributed by atoms with Gasteiger partial charge in [-0.25, -0.2) is 4.79 Å². The lowest BCUT2D eigenvalue weighted by molar-refractivity contribution is -0.121. The highest BCUT2D eigenvalue weighted by Crippen LogP contribution is 2.41. The minimum absolute atomic E-state index is 0.0857. The Morgan fingerprint density at radius 3 is 1.66 bits per heavy atom. The molecule has 2 aromatic heterocycles. The van der Waals surface area contributed by atoms with Gasteiger partial charge in [-0.15, -0.1) is 0 Å². The largest absolute Gasteiger partial charge is 0.478 e. The van der Waals surface area contributed by atoms with E-state index in [9.17, 15) is 19.5 Å². The number of ether oxygens (including phenoxy) is 2. The Bertz CT molecular complexity index is 1980.